The number of anilines is 6. The molecule has 124 heavy (non-hydrogen) atoms. The highest BCUT2D eigenvalue weighted by Crippen LogP contribution is 2.44. The lowest BCUT2D eigenvalue weighted by Gasteiger charge is -2.26. The van der Waals surface area contributed by atoms with Crippen molar-refractivity contribution >= 4 is 110 Å². The van der Waals surface area contributed by atoms with E-state index in [9.17, 15) is 0 Å². The molecule has 0 bridgehead atoms. The van der Waals surface area contributed by atoms with E-state index in [1.54, 1.807) is 0 Å². The molecule has 0 N–H and O–H groups in total. The molecule has 0 radical (unpaired) electrons. The van der Waals surface area contributed by atoms with Gasteiger partial charge in [-0.25, -0.2) is 0 Å². The quantitative estimate of drug-likeness (QED) is 0.0959. The molecule has 0 atom stereocenters. The second-order valence-corrected chi connectivity index (χ2v) is 31.9. The molecule has 0 unspecified atom stereocenters. The summed E-state index contributed by atoms with van der Waals surface area (Å²) in [7, 11) is 0. The third-order valence-electron chi connectivity index (χ3n) is 24.7. The van der Waals surface area contributed by atoms with E-state index >= 15 is 0 Å². The Balaban J connectivity index is 0.000000148. The first kappa shape index (κ1) is 73.9. The Bertz CT molecular complexity index is 7520. The lowest BCUT2D eigenvalue weighted by atomic mass is 9.96. The van der Waals surface area contributed by atoms with Gasteiger partial charge in [-0.3, -0.25) is 0 Å². The third kappa shape index (κ3) is 14.1. The molecule has 0 aliphatic carbocycles. The van der Waals surface area contributed by atoms with Gasteiger partial charge in [-0.2, -0.15) is 0 Å². The summed E-state index contributed by atoms with van der Waals surface area (Å²) in [5.74, 6) is 0. The normalized spacial score (nSPS) is 11.4. The molecule has 0 spiro atoms. The van der Waals surface area contributed by atoms with Crippen LogP contribution in [0.25, 0.3) is 176 Å². The van der Waals surface area contributed by atoms with Crippen molar-refractivity contribution in [2.45, 2.75) is 0 Å². The van der Waals surface area contributed by atoms with Crippen LogP contribution in [0.5, 0.6) is 0 Å². The molecule has 0 fully saturated rings. The molecular formula is C120H82N4. The lowest BCUT2D eigenvalue weighted by molar-refractivity contribution is 1.17. The zero-order chi connectivity index (χ0) is 82.2. The molecule has 2 heterocycles. The van der Waals surface area contributed by atoms with Crippen LogP contribution in [0, 0.1) is 0 Å². The molecule has 0 saturated carbocycles. The van der Waals surface area contributed by atoms with E-state index in [0.29, 0.717) is 0 Å². The number of nitrogens with zero attached hydrogens (tertiary/aromatic N) is 4. The predicted molar refractivity (Wildman–Crippen MR) is 527 cm³/mol. The first-order valence-electron chi connectivity index (χ1n) is 42.6. The van der Waals surface area contributed by atoms with Crippen LogP contribution in [0.3, 0.4) is 0 Å². The van der Waals surface area contributed by atoms with Gasteiger partial charge in [0.05, 0.1) is 22.1 Å². The number of hydrogen-bond acceptors (Lipinski definition) is 2. The predicted octanol–water partition coefficient (Wildman–Crippen LogP) is 33.3. The Morgan fingerprint density at radius 1 is 0.121 bits per heavy atom. The van der Waals surface area contributed by atoms with Gasteiger partial charge < -0.3 is 18.9 Å². The van der Waals surface area contributed by atoms with Crippen LogP contribution < -0.4 is 9.80 Å². The van der Waals surface area contributed by atoms with E-state index in [0.717, 1.165) is 45.5 Å². The minimum Gasteiger partial charge on any atom is -0.311 e. The second kappa shape index (κ2) is 32.4. The monoisotopic (exact) mass is 1580 g/mol. The van der Waals surface area contributed by atoms with E-state index < -0.39 is 0 Å². The molecule has 0 amide bonds. The molecule has 21 aromatic carbocycles. The number of aromatic nitrogens is 2. The number of benzene rings is 21. The number of rotatable bonds is 16. The van der Waals surface area contributed by atoms with Crippen molar-refractivity contribution in [1.82, 2.24) is 9.13 Å². The Labute approximate surface area is 721 Å². The Hall–Kier alpha value is -16.4. The molecule has 0 saturated heterocycles. The maximum absolute atomic E-state index is 2.37. The molecule has 2 aromatic heterocycles. The van der Waals surface area contributed by atoms with E-state index in [-0.39, 0.29) is 0 Å². The van der Waals surface area contributed by atoms with E-state index in [4.69, 9.17) is 0 Å². The maximum Gasteiger partial charge on any atom is 0.0541 e. The molecular weight excluding hydrogens is 1500 g/mol. The van der Waals surface area contributed by atoms with Gasteiger partial charge in [0, 0.05) is 67.0 Å². The molecule has 582 valence electrons. The van der Waals surface area contributed by atoms with Gasteiger partial charge in [-0.15, -0.1) is 0 Å². The second-order valence-electron chi connectivity index (χ2n) is 31.9. The Morgan fingerprint density at radius 3 is 0.548 bits per heavy atom. The van der Waals surface area contributed by atoms with Crippen molar-refractivity contribution in [2.75, 3.05) is 9.80 Å². The molecule has 0 aliphatic heterocycles. The fourth-order valence-electron chi connectivity index (χ4n) is 18.5. The molecule has 4 nitrogen and oxygen atoms in total. The molecule has 4 heteroatoms. The summed E-state index contributed by atoms with van der Waals surface area (Å²) in [6.07, 6.45) is 0. The van der Waals surface area contributed by atoms with Crippen LogP contribution in [0.15, 0.2) is 497 Å². The van der Waals surface area contributed by atoms with Crippen LogP contribution in [-0.2, 0) is 0 Å². The fraction of sp³-hybridized carbons (Fsp3) is 0. The largest absolute Gasteiger partial charge is 0.311 e. The molecule has 23 rings (SSSR count). The average molecular weight is 1580 g/mol. The average Bonchev–Trinajstić information content (AvgIpc) is 1.59. The number of hydrogen-bond donors (Lipinski definition) is 0. The first-order valence-corrected chi connectivity index (χ1v) is 42.6. The summed E-state index contributed by atoms with van der Waals surface area (Å²) in [6, 6.07) is 180. The van der Waals surface area contributed by atoms with Crippen molar-refractivity contribution < 1.29 is 0 Å². The van der Waals surface area contributed by atoms with Gasteiger partial charge in [0.25, 0.3) is 0 Å². The number of para-hydroxylation sites is 4. The van der Waals surface area contributed by atoms with Crippen molar-refractivity contribution in [3.8, 4) is 100 Å². The minimum atomic E-state index is 1.09. The summed E-state index contributed by atoms with van der Waals surface area (Å²) in [5.41, 5.74) is 33.0. The van der Waals surface area contributed by atoms with E-state index in [1.165, 1.54) is 165 Å². The van der Waals surface area contributed by atoms with E-state index in [1.807, 2.05) is 0 Å². The van der Waals surface area contributed by atoms with Crippen LogP contribution in [-0.4, -0.2) is 9.13 Å². The third-order valence-corrected chi connectivity index (χ3v) is 24.7. The summed E-state index contributed by atoms with van der Waals surface area (Å²) in [4.78, 5) is 4.71. The minimum absolute atomic E-state index is 1.09. The highest BCUT2D eigenvalue weighted by molar-refractivity contribution is 6.11. The fourth-order valence-corrected chi connectivity index (χ4v) is 18.5. The van der Waals surface area contributed by atoms with Crippen molar-refractivity contribution in [3.05, 3.63) is 497 Å². The Morgan fingerprint density at radius 2 is 0.298 bits per heavy atom. The molecule has 0 aliphatic rings. The number of fused-ring (bicyclic) bond motifs is 9. The van der Waals surface area contributed by atoms with E-state index in [2.05, 4.69) is 516 Å². The van der Waals surface area contributed by atoms with Gasteiger partial charge in [0.15, 0.2) is 0 Å². The van der Waals surface area contributed by atoms with Crippen LogP contribution >= 0.6 is 0 Å². The smallest absolute Gasteiger partial charge is 0.0541 e. The van der Waals surface area contributed by atoms with Gasteiger partial charge in [-0.05, 0) is 243 Å². The zero-order valence-corrected chi connectivity index (χ0v) is 68.1. The van der Waals surface area contributed by atoms with Gasteiger partial charge in [0.2, 0.25) is 0 Å². The van der Waals surface area contributed by atoms with Crippen LogP contribution in [0.4, 0.5) is 34.1 Å². The standard InChI is InChI=1S/C62H42N2.C58H40N2/c1-3-15-55-47(11-1)13-9-19-57(55)49-27-23-43(24-28-49)45-31-35-51(36-32-45)63(53-39-41-54(42-40-53)64-61-21-7-5-17-59(61)60-18-6-8-22-62(60)64)52-37-33-46(34-38-52)44-25-29-50(30-26-44)58-20-10-14-48-12-2-4-16-56(48)58;1-2-11-41(12-3-1)42-21-23-43(24-22-42)45-29-33-49(34-30-45)59(51-37-39-52(40-38-51)60-57-19-8-6-16-55(57)56-17-7-9-20-58(56)60)50-35-31-46(32-36-50)44-25-27-48(28-26-44)54-18-10-14-47-13-4-5-15-53(47)54/h1-42H;1-40H. The van der Waals surface area contributed by atoms with Crippen molar-refractivity contribution in [2.24, 2.45) is 0 Å². The molecule has 23 aromatic rings. The summed E-state index contributed by atoms with van der Waals surface area (Å²) >= 11 is 0. The Kier molecular flexibility index (Phi) is 19.3. The topological polar surface area (TPSA) is 16.3 Å². The SMILES string of the molecule is c1ccc(-c2ccc(-c3ccc(N(c4ccc(-c5ccc(-c6cccc7ccccc67)cc5)cc4)c4ccc(-n5c6ccccc6c6ccccc65)cc4)cc3)cc2)cc1.c1ccc2c(-c3ccc(-c4ccc(N(c5ccc(-c6ccc(-c7cccc8ccccc78)cc6)cc5)c5ccc(-n6c7ccccc7c7ccccc76)cc5)cc4)cc3)cccc2c1. The van der Waals surface area contributed by atoms with Gasteiger partial charge in [0.1, 0.15) is 0 Å². The van der Waals surface area contributed by atoms with Gasteiger partial charge >= 0.3 is 0 Å². The van der Waals surface area contributed by atoms with Crippen molar-refractivity contribution in [1.29, 1.82) is 0 Å². The van der Waals surface area contributed by atoms with Crippen LogP contribution in [0.2, 0.25) is 0 Å². The highest BCUT2D eigenvalue weighted by Gasteiger charge is 2.21. The maximum atomic E-state index is 2.37. The summed E-state index contributed by atoms with van der Waals surface area (Å²) < 4.78 is 4.75. The summed E-state index contributed by atoms with van der Waals surface area (Å²) in [5, 5.41) is 12.6. The van der Waals surface area contributed by atoms with Crippen molar-refractivity contribution in [3.63, 3.8) is 0 Å². The summed E-state index contributed by atoms with van der Waals surface area (Å²) in [6.45, 7) is 0. The van der Waals surface area contributed by atoms with Gasteiger partial charge in [-0.1, -0.05) is 376 Å². The lowest BCUT2D eigenvalue weighted by Crippen LogP contribution is -2.10. The van der Waals surface area contributed by atoms with Crippen LogP contribution in [0.1, 0.15) is 0 Å². The first-order chi connectivity index (χ1) is 61.5. The zero-order valence-electron chi connectivity index (χ0n) is 68.1. The highest BCUT2D eigenvalue weighted by atomic mass is 15.1.